The molecule has 2 rings (SSSR count). The summed E-state index contributed by atoms with van der Waals surface area (Å²) in [6.07, 6.45) is 1.03. The highest BCUT2D eigenvalue weighted by atomic mass is 32.1. The number of hydrogen-bond acceptors (Lipinski definition) is 4. The monoisotopic (exact) mass is 291 g/mol. The van der Waals surface area contributed by atoms with Gasteiger partial charge in [0.1, 0.15) is 5.01 Å². The Hall–Kier alpha value is -0.970. The quantitative estimate of drug-likeness (QED) is 0.883. The van der Waals surface area contributed by atoms with Crippen molar-refractivity contribution >= 4 is 21.6 Å². The van der Waals surface area contributed by atoms with Crippen molar-refractivity contribution in [3.05, 3.63) is 29.3 Å². The third-order valence-electron chi connectivity index (χ3n) is 4.00. The van der Waals surface area contributed by atoms with Crippen molar-refractivity contribution in [2.45, 2.75) is 39.3 Å². The summed E-state index contributed by atoms with van der Waals surface area (Å²) in [6, 6.07) is 8.95. The lowest BCUT2D eigenvalue weighted by Gasteiger charge is -2.25. The molecule has 0 aliphatic carbocycles. The molecule has 1 heterocycles. The summed E-state index contributed by atoms with van der Waals surface area (Å²) in [6.45, 7) is 7.60. The predicted molar refractivity (Wildman–Crippen MR) is 88.1 cm³/mol. The molecule has 0 aliphatic heterocycles. The first-order valence-electron chi connectivity index (χ1n) is 7.30. The largest absolute Gasteiger partial charge is 0.327 e. The fourth-order valence-electron chi connectivity index (χ4n) is 2.14. The summed E-state index contributed by atoms with van der Waals surface area (Å²) < 4.78 is 1.27. The van der Waals surface area contributed by atoms with E-state index in [0.29, 0.717) is 12.0 Å². The van der Waals surface area contributed by atoms with Gasteiger partial charge in [0.2, 0.25) is 0 Å². The fraction of sp³-hybridized carbons (Fsp3) is 0.562. The lowest BCUT2D eigenvalue weighted by molar-refractivity contribution is 0.243. The van der Waals surface area contributed by atoms with Gasteiger partial charge in [0.15, 0.2) is 0 Å². The zero-order valence-corrected chi connectivity index (χ0v) is 13.7. The van der Waals surface area contributed by atoms with Crippen molar-refractivity contribution in [3.8, 4) is 0 Å². The summed E-state index contributed by atoms with van der Waals surface area (Å²) in [7, 11) is 2.16. The first-order valence-corrected chi connectivity index (χ1v) is 8.12. The average Bonchev–Trinajstić information content (AvgIpc) is 2.87. The zero-order chi connectivity index (χ0) is 14.7. The first-order chi connectivity index (χ1) is 9.49. The molecule has 2 unspecified atom stereocenters. The van der Waals surface area contributed by atoms with Crippen molar-refractivity contribution in [2.75, 3.05) is 13.6 Å². The van der Waals surface area contributed by atoms with Gasteiger partial charge in [0, 0.05) is 12.6 Å². The summed E-state index contributed by atoms with van der Waals surface area (Å²) in [4.78, 5) is 7.09. The minimum Gasteiger partial charge on any atom is -0.327 e. The molecule has 0 saturated carbocycles. The van der Waals surface area contributed by atoms with Gasteiger partial charge in [-0.25, -0.2) is 4.98 Å². The lowest BCUT2D eigenvalue weighted by Crippen LogP contribution is -2.32. The standard InChI is InChI=1S/C16H25N3S/c1-11(2)13(17)9-10-19(4)12(3)16-18-14-7-5-6-8-15(14)20-16/h5-8,11-13H,9-10,17H2,1-4H3. The van der Waals surface area contributed by atoms with Crippen LogP contribution in [0.4, 0.5) is 0 Å². The van der Waals surface area contributed by atoms with Gasteiger partial charge in [0.25, 0.3) is 0 Å². The van der Waals surface area contributed by atoms with Gasteiger partial charge in [-0.2, -0.15) is 0 Å². The third-order valence-corrected chi connectivity index (χ3v) is 5.21. The smallest absolute Gasteiger partial charge is 0.111 e. The van der Waals surface area contributed by atoms with Crippen LogP contribution < -0.4 is 5.73 Å². The second-order valence-electron chi connectivity index (χ2n) is 5.87. The molecular formula is C16H25N3S. The first kappa shape index (κ1) is 15.4. The summed E-state index contributed by atoms with van der Waals surface area (Å²) in [5, 5.41) is 1.19. The fourth-order valence-corrected chi connectivity index (χ4v) is 3.22. The number of fused-ring (bicyclic) bond motifs is 1. The summed E-state index contributed by atoms with van der Waals surface area (Å²) in [5.41, 5.74) is 7.23. The van der Waals surface area contributed by atoms with Gasteiger partial charge in [0.05, 0.1) is 16.3 Å². The number of nitrogens with two attached hydrogens (primary N) is 1. The number of nitrogens with zero attached hydrogens (tertiary/aromatic N) is 2. The van der Waals surface area contributed by atoms with Gasteiger partial charge < -0.3 is 5.73 Å². The van der Waals surface area contributed by atoms with Crippen LogP contribution in [0.5, 0.6) is 0 Å². The van der Waals surface area contributed by atoms with Gasteiger partial charge in [-0.3, -0.25) is 4.90 Å². The Morgan fingerprint density at radius 3 is 2.60 bits per heavy atom. The highest BCUT2D eigenvalue weighted by Crippen LogP contribution is 2.28. The molecule has 20 heavy (non-hydrogen) atoms. The van der Waals surface area contributed by atoms with Crippen molar-refractivity contribution < 1.29 is 0 Å². The van der Waals surface area contributed by atoms with Crippen LogP contribution >= 0.6 is 11.3 Å². The molecule has 0 spiro atoms. The molecule has 0 aliphatic rings. The maximum atomic E-state index is 6.13. The number of rotatable bonds is 6. The van der Waals surface area contributed by atoms with Crippen LogP contribution in [-0.2, 0) is 0 Å². The van der Waals surface area contributed by atoms with E-state index in [1.807, 2.05) is 6.07 Å². The molecule has 4 heteroatoms. The van der Waals surface area contributed by atoms with E-state index in [2.05, 4.69) is 50.9 Å². The molecule has 0 saturated heterocycles. The van der Waals surface area contributed by atoms with Gasteiger partial charge in [-0.15, -0.1) is 11.3 Å². The van der Waals surface area contributed by atoms with E-state index in [0.717, 1.165) is 18.5 Å². The van der Waals surface area contributed by atoms with Gasteiger partial charge >= 0.3 is 0 Å². The lowest BCUT2D eigenvalue weighted by atomic mass is 10.0. The minimum absolute atomic E-state index is 0.278. The van der Waals surface area contributed by atoms with Gasteiger partial charge in [-0.05, 0) is 38.4 Å². The average molecular weight is 291 g/mol. The van der Waals surface area contributed by atoms with Crippen molar-refractivity contribution in [1.82, 2.24) is 9.88 Å². The predicted octanol–water partition coefficient (Wildman–Crippen LogP) is 3.66. The van der Waals surface area contributed by atoms with E-state index in [1.54, 1.807) is 11.3 Å². The molecule has 3 nitrogen and oxygen atoms in total. The summed E-state index contributed by atoms with van der Waals surface area (Å²) >= 11 is 1.79. The molecule has 0 radical (unpaired) electrons. The molecule has 0 fully saturated rings. The number of para-hydroxylation sites is 1. The van der Waals surface area contributed by atoms with E-state index in [4.69, 9.17) is 10.7 Å². The maximum absolute atomic E-state index is 6.13. The number of hydrogen-bond donors (Lipinski definition) is 1. The summed E-state index contributed by atoms with van der Waals surface area (Å²) in [5.74, 6) is 0.543. The zero-order valence-electron chi connectivity index (χ0n) is 12.8. The Labute approximate surface area is 125 Å². The van der Waals surface area contributed by atoms with Crippen LogP contribution in [0.2, 0.25) is 0 Å². The Balaban J connectivity index is 2.00. The molecule has 110 valence electrons. The Bertz CT molecular complexity index is 516. The highest BCUT2D eigenvalue weighted by Gasteiger charge is 2.17. The van der Waals surface area contributed by atoms with E-state index < -0.39 is 0 Å². The molecule has 0 amide bonds. The van der Waals surface area contributed by atoms with Crippen LogP contribution in [0.15, 0.2) is 24.3 Å². The number of aromatic nitrogens is 1. The van der Waals surface area contributed by atoms with E-state index in [-0.39, 0.29) is 6.04 Å². The van der Waals surface area contributed by atoms with E-state index in [1.165, 1.54) is 9.71 Å². The van der Waals surface area contributed by atoms with Crippen molar-refractivity contribution in [2.24, 2.45) is 11.7 Å². The SMILES string of the molecule is CC(C)C(N)CCN(C)C(C)c1nc2ccccc2s1. The Kier molecular flexibility index (Phi) is 5.13. The maximum Gasteiger partial charge on any atom is 0.111 e. The minimum atomic E-state index is 0.278. The van der Waals surface area contributed by atoms with Crippen LogP contribution in [0.3, 0.4) is 0 Å². The molecular weight excluding hydrogens is 266 g/mol. The topological polar surface area (TPSA) is 42.1 Å². The van der Waals surface area contributed by atoms with Crippen LogP contribution in [0.25, 0.3) is 10.2 Å². The highest BCUT2D eigenvalue weighted by molar-refractivity contribution is 7.18. The molecule has 2 aromatic rings. The van der Waals surface area contributed by atoms with Crippen LogP contribution in [-0.4, -0.2) is 29.5 Å². The molecule has 0 bridgehead atoms. The van der Waals surface area contributed by atoms with Crippen LogP contribution in [0.1, 0.15) is 38.2 Å². The molecule has 2 N–H and O–H groups in total. The van der Waals surface area contributed by atoms with Gasteiger partial charge in [-0.1, -0.05) is 26.0 Å². The Morgan fingerprint density at radius 1 is 1.25 bits per heavy atom. The second kappa shape index (κ2) is 6.66. The van der Waals surface area contributed by atoms with E-state index in [9.17, 15) is 0 Å². The molecule has 1 aromatic heterocycles. The molecule has 1 aromatic carbocycles. The number of thiazole rings is 1. The molecule has 2 atom stereocenters. The number of benzene rings is 1. The van der Waals surface area contributed by atoms with Crippen LogP contribution in [0, 0.1) is 5.92 Å². The normalized spacial score (nSPS) is 15.2. The van der Waals surface area contributed by atoms with E-state index >= 15 is 0 Å². The van der Waals surface area contributed by atoms with Crippen molar-refractivity contribution in [1.29, 1.82) is 0 Å². The Morgan fingerprint density at radius 2 is 1.95 bits per heavy atom. The van der Waals surface area contributed by atoms with Crippen molar-refractivity contribution in [3.63, 3.8) is 0 Å². The second-order valence-corrected chi connectivity index (χ2v) is 6.94. The third kappa shape index (κ3) is 3.57.